The molecule has 6 nitrogen and oxygen atoms in total. The topological polar surface area (TPSA) is 66.0 Å². The number of piperidine rings is 1. The van der Waals surface area contributed by atoms with Crippen molar-refractivity contribution in [3.8, 4) is 5.75 Å². The number of methoxy groups -OCH3 is 1. The van der Waals surface area contributed by atoms with Crippen LogP contribution in [0.5, 0.6) is 5.75 Å². The second-order valence-electron chi connectivity index (χ2n) is 7.64. The van der Waals surface area contributed by atoms with Gasteiger partial charge in [-0.1, -0.05) is 42.5 Å². The van der Waals surface area contributed by atoms with Crippen LogP contribution < -0.4 is 20.3 Å². The molecule has 0 bridgehead atoms. The minimum Gasteiger partial charge on any atom is -0.495 e. The van der Waals surface area contributed by atoms with Gasteiger partial charge in [0.2, 0.25) is 0 Å². The average Bonchev–Trinajstić information content (AvgIpc) is 2.80. The Morgan fingerprint density at radius 1 is 1.19 bits per heavy atom. The van der Waals surface area contributed by atoms with Gasteiger partial charge in [0.1, 0.15) is 5.75 Å². The number of para-hydroxylation sites is 2. The Bertz CT molecular complexity index is 866. The zero-order valence-corrected chi connectivity index (χ0v) is 22.1. The Morgan fingerprint density at radius 2 is 1.94 bits per heavy atom. The van der Waals surface area contributed by atoms with Gasteiger partial charge >= 0.3 is 0 Å². The Kier molecular flexibility index (Phi) is 11.9. The van der Waals surface area contributed by atoms with E-state index in [1.165, 1.54) is 0 Å². The van der Waals surface area contributed by atoms with Gasteiger partial charge < -0.3 is 20.3 Å². The summed E-state index contributed by atoms with van der Waals surface area (Å²) < 4.78 is 17.9. The Balaban J connectivity index is 0.00000363. The number of benzene rings is 2. The van der Waals surface area contributed by atoms with Crippen molar-refractivity contribution in [1.82, 2.24) is 10.6 Å². The van der Waals surface area contributed by atoms with E-state index in [1.807, 2.05) is 42.5 Å². The van der Waals surface area contributed by atoms with E-state index in [0.29, 0.717) is 24.1 Å². The van der Waals surface area contributed by atoms with Crippen LogP contribution in [0.3, 0.4) is 0 Å². The minimum atomic E-state index is -0.917. The summed E-state index contributed by atoms with van der Waals surface area (Å²) >= 11 is 0. The zero-order chi connectivity index (χ0) is 21.9. The summed E-state index contributed by atoms with van der Waals surface area (Å²) in [4.78, 5) is 7.05. The summed E-state index contributed by atoms with van der Waals surface area (Å²) in [6.07, 6.45) is 2.20. The first-order valence-electron chi connectivity index (χ1n) is 11.0. The number of halogens is 1. The van der Waals surface area contributed by atoms with Crippen LogP contribution in [0.2, 0.25) is 0 Å². The molecule has 2 atom stereocenters. The highest BCUT2D eigenvalue weighted by molar-refractivity contribution is 14.0. The summed E-state index contributed by atoms with van der Waals surface area (Å²) in [5.74, 6) is 2.84. The van der Waals surface area contributed by atoms with Gasteiger partial charge in [-0.25, -0.2) is 0 Å². The lowest BCUT2D eigenvalue weighted by molar-refractivity contribution is 0.408. The number of nitrogens with one attached hydrogen (secondary N) is 2. The summed E-state index contributed by atoms with van der Waals surface area (Å²) in [6.45, 7) is 5.31. The lowest BCUT2D eigenvalue weighted by Gasteiger charge is -2.36. The van der Waals surface area contributed by atoms with E-state index in [-0.39, 0.29) is 24.0 Å². The first kappa shape index (κ1) is 26.4. The van der Waals surface area contributed by atoms with Crippen LogP contribution in [0, 0.1) is 0 Å². The quantitative estimate of drug-likeness (QED) is 0.273. The predicted octanol–water partition coefficient (Wildman–Crippen LogP) is 3.79. The number of ether oxygens (including phenoxy) is 1. The summed E-state index contributed by atoms with van der Waals surface area (Å²) in [7, 11) is 0.801. The molecule has 1 saturated heterocycles. The first-order chi connectivity index (χ1) is 15.2. The molecule has 2 N–H and O–H groups in total. The summed E-state index contributed by atoms with van der Waals surface area (Å²) in [5, 5.41) is 6.90. The van der Waals surface area contributed by atoms with Gasteiger partial charge in [0.05, 0.1) is 19.3 Å². The fraction of sp³-hybridized carbons (Fsp3) is 0.458. The van der Waals surface area contributed by atoms with Crippen LogP contribution in [0.1, 0.15) is 25.3 Å². The molecule has 0 amide bonds. The number of nitrogens with zero attached hydrogens (tertiary/aromatic N) is 2. The van der Waals surface area contributed by atoms with E-state index in [4.69, 9.17) is 4.74 Å². The van der Waals surface area contributed by atoms with Gasteiger partial charge in [0.15, 0.2) is 5.96 Å². The van der Waals surface area contributed by atoms with Gasteiger partial charge in [-0.05, 0) is 37.5 Å². The Labute approximate surface area is 211 Å². The van der Waals surface area contributed by atoms with Crippen LogP contribution in [0.15, 0.2) is 59.6 Å². The van der Waals surface area contributed by atoms with E-state index in [1.54, 1.807) is 7.11 Å². The Morgan fingerprint density at radius 3 is 2.69 bits per heavy atom. The number of guanidine groups is 1. The standard InChI is InChI=1S/C24H34N4O2S.HI/c1-3-25-24(26-15-17-31(29)19-20-10-5-4-6-11-20)27-21-12-9-16-28(18-21)22-13-7-8-14-23(22)30-2;/h4-8,10-11,13-14,21H,3,9,12,15-19H2,1-2H3,(H2,25,26,27);1H. The molecule has 2 aromatic carbocycles. The number of rotatable bonds is 9. The molecule has 1 heterocycles. The lowest BCUT2D eigenvalue weighted by Crippen LogP contribution is -2.51. The molecule has 1 fully saturated rings. The second kappa shape index (κ2) is 14.4. The minimum absolute atomic E-state index is 0. The van der Waals surface area contributed by atoms with Crippen molar-refractivity contribution < 1.29 is 8.95 Å². The first-order valence-corrected chi connectivity index (χ1v) is 12.5. The maximum atomic E-state index is 12.4. The molecule has 2 unspecified atom stereocenters. The van der Waals surface area contributed by atoms with Crippen LogP contribution in [0.25, 0.3) is 0 Å². The van der Waals surface area contributed by atoms with Crippen molar-refractivity contribution in [3.63, 3.8) is 0 Å². The molecule has 3 rings (SSSR count). The maximum absolute atomic E-state index is 12.4. The molecular formula is C24H35IN4O2S. The van der Waals surface area contributed by atoms with Crippen molar-refractivity contribution in [2.75, 3.05) is 43.9 Å². The highest BCUT2D eigenvalue weighted by atomic mass is 127. The number of hydrogen-bond acceptors (Lipinski definition) is 4. The monoisotopic (exact) mass is 570 g/mol. The fourth-order valence-corrected chi connectivity index (χ4v) is 4.81. The molecule has 1 aliphatic rings. The van der Waals surface area contributed by atoms with E-state index in [2.05, 4.69) is 39.6 Å². The van der Waals surface area contributed by atoms with Crippen LogP contribution in [-0.4, -0.2) is 55.3 Å². The molecule has 176 valence electrons. The lowest BCUT2D eigenvalue weighted by atomic mass is 10.0. The van der Waals surface area contributed by atoms with Crippen molar-refractivity contribution in [2.24, 2.45) is 4.99 Å². The number of hydrogen-bond donors (Lipinski definition) is 2. The van der Waals surface area contributed by atoms with Crippen molar-refractivity contribution in [3.05, 3.63) is 60.2 Å². The van der Waals surface area contributed by atoms with Gasteiger partial charge in [-0.15, -0.1) is 24.0 Å². The third-order valence-corrected chi connectivity index (χ3v) is 6.58. The average molecular weight is 571 g/mol. The van der Waals surface area contributed by atoms with Crippen molar-refractivity contribution in [1.29, 1.82) is 0 Å². The third kappa shape index (κ3) is 8.27. The van der Waals surface area contributed by atoms with Gasteiger partial charge in [-0.3, -0.25) is 9.20 Å². The summed E-state index contributed by atoms with van der Waals surface area (Å²) in [5.41, 5.74) is 2.24. The Hall–Kier alpha value is -1.81. The highest BCUT2D eigenvalue weighted by Crippen LogP contribution is 2.29. The molecule has 0 radical (unpaired) electrons. The largest absolute Gasteiger partial charge is 0.495 e. The molecule has 0 saturated carbocycles. The number of aliphatic imine (C=N–C) groups is 1. The van der Waals surface area contributed by atoms with Crippen LogP contribution in [0.4, 0.5) is 5.69 Å². The van der Waals surface area contributed by atoms with Crippen LogP contribution in [-0.2, 0) is 16.6 Å². The molecule has 1 aliphatic heterocycles. The molecule has 2 aromatic rings. The SMILES string of the molecule is CCNC(=NCCS(=O)Cc1ccccc1)NC1CCCN(c2ccccc2OC)C1.I. The van der Waals surface area contributed by atoms with Gasteiger partial charge in [-0.2, -0.15) is 0 Å². The predicted molar refractivity (Wildman–Crippen MR) is 146 cm³/mol. The van der Waals surface area contributed by atoms with E-state index < -0.39 is 10.8 Å². The number of anilines is 1. The summed E-state index contributed by atoms with van der Waals surface area (Å²) in [6, 6.07) is 18.4. The highest BCUT2D eigenvalue weighted by Gasteiger charge is 2.22. The molecule has 0 aromatic heterocycles. The zero-order valence-electron chi connectivity index (χ0n) is 19.0. The fourth-order valence-electron chi connectivity index (χ4n) is 3.81. The van der Waals surface area contributed by atoms with Crippen LogP contribution >= 0.6 is 24.0 Å². The van der Waals surface area contributed by atoms with E-state index in [9.17, 15) is 4.21 Å². The van der Waals surface area contributed by atoms with Gasteiger partial charge in [0.25, 0.3) is 0 Å². The second-order valence-corrected chi connectivity index (χ2v) is 9.21. The third-order valence-electron chi connectivity index (χ3n) is 5.29. The molecule has 32 heavy (non-hydrogen) atoms. The van der Waals surface area contributed by atoms with Crippen molar-refractivity contribution >= 4 is 46.4 Å². The molecular weight excluding hydrogens is 535 g/mol. The normalized spacial score (nSPS) is 17.2. The van der Waals surface area contributed by atoms with E-state index in [0.717, 1.165) is 55.4 Å². The molecule has 0 spiro atoms. The van der Waals surface area contributed by atoms with Gasteiger partial charge in [0, 0.05) is 48.0 Å². The molecule has 0 aliphatic carbocycles. The maximum Gasteiger partial charge on any atom is 0.191 e. The smallest absolute Gasteiger partial charge is 0.191 e. The van der Waals surface area contributed by atoms with Crippen molar-refractivity contribution in [2.45, 2.75) is 31.6 Å². The van der Waals surface area contributed by atoms with E-state index >= 15 is 0 Å². The molecule has 8 heteroatoms.